The topological polar surface area (TPSA) is 70.4 Å². The molecule has 0 saturated carbocycles. The highest BCUT2D eigenvalue weighted by molar-refractivity contribution is 5.78. The van der Waals surface area contributed by atoms with E-state index in [1.54, 1.807) is 0 Å². The lowest BCUT2D eigenvalue weighted by molar-refractivity contribution is -0.123. The molecule has 0 aliphatic carbocycles. The van der Waals surface area contributed by atoms with Crippen molar-refractivity contribution in [2.45, 2.75) is 32.9 Å². The maximum Gasteiger partial charge on any atom is 0.234 e. The molecule has 1 amide bonds. The van der Waals surface area contributed by atoms with Crippen LogP contribution in [0.15, 0.2) is 0 Å². The molecular formula is C12H26N4O. The van der Waals surface area contributed by atoms with Gasteiger partial charge >= 0.3 is 0 Å². The summed E-state index contributed by atoms with van der Waals surface area (Å²) in [5, 5.41) is 6.32. The molecule has 0 aromatic carbocycles. The third-order valence-electron chi connectivity index (χ3n) is 3.48. The molecule has 0 aromatic rings. The monoisotopic (exact) mass is 242 g/mol. The van der Waals surface area contributed by atoms with Gasteiger partial charge in [-0.2, -0.15) is 0 Å². The Morgan fingerprint density at radius 1 is 1.53 bits per heavy atom. The second kappa shape index (κ2) is 6.93. The number of carbonyl (C=O) groups excluding carboxylic acids is 1. The van der Waals surface area contributed by atoms with E-state index in [1.807, 2.05) is 6.92 Å². The summed E-state index contributed by atoms with van der Waals surface area (Å²) in [5.74, 6) is 0.568. The molecule has 4 N–H and O–H groups in total. The van der Waals surface area contributed by atoms with E-state index in [1.165, 1.54) is 0 Å². The van der Waals surface area contributed by atoms with Crippen molar-refractivity contribution >= 4 is 5.91 Å². The van der Waals surface area contributed by atoms with Gasteiger partial charge in [-0.1, -0.05) is 13.8 Å². The van der Waals surface area contributed by atoms with E-state index in [4.69, 9.17) is 5.73 Å². The molecular weight excluding hydrogens is 216 g/mol. The molecule has 5 nitrogen and oxygen atoms in total. The molecule has 1 heterocycles. The van der Waals surface area contributed by atoms with Crippen molar-refractivity contribution in [1.29, 1.82) is 0 Å². The number of hydrogen-bond acceptors (Lipinski definition) is 4. The Bertz CT molecular complexity index is 245. The normalized spacial score (nSPS) is 23.7. The van der Waals surface area contributed by atoms with Gasteiger partial charge in [-0.15, -0.1) is 0 Å². The molecule has 1 saturated heterocycles. The van der Waals surface area contributed by atoms with Gasteiger partial charge in [-0.3, -0.25) is 9.69 Å². The molecule has 0 radical (unpaired) electrons. The van der Waals surface area contributed by atoms with E-state index >= 15 is 0 Å². The Kier molecular flexibility index (Phi) is 5.88. The predicted molar refractivity (Wildman–Crippen MR) is 69.7 cm³/mol. The molecule has 0 bridgehead atoms. The molecule has 0 spiro atoms. The van der Waals surface area contributed by atoms with Crippen molar-refractivity contribution in [1.82, 2.24) is 15.5 Å². The average Bonchev–Trinajstić information content (AvgIpc) is 2.29. The van der Waals surface area contributed by atoms with Gasteiger partial charge < -0.3 is 16.4 Å². The summed E-state index contributed by atoms with van der Waals surface area (Å²) in [7, 11) is 0. The van der Waals surface area contributed by atoms with Crippen LogP contribution in [0.25, 0.3) is 0 Å². The molecule has 1 aliphatic rings. The smallest absolute Gasteiger partial charge is 0.234 e. The highest BCUT2D eigenvalue weighted by Crippen LogP contribution is 2.03. The lowest BCUT2D eigenvalue weighted by Gasteiger charge is -2.35. The van der Waals surface area contributed by atoms with Crippen molar-refractivity contribution in [3.05, 3.63) is 0 Å². The number of piperazine rings is 1. The van der Waals surface area contributed by atoms with Crippen LogP contribution in [0.1, 0.15) is 20.8 Å². The maximum atomic E-state index is 11.9. The van der Waals surface area contributed by atoms with Gasteiger partial charge in [0.2, 0.25) is 5.91 Å². The molecule has 0 aromatic heterocycles. The zero-order valence-corrected chi connectivity index (χ0v) is 11.2. The lowest BCUT2D eigenvalue weighted by atomic mass is 10.1. The van der Waals surface area contributed by atoms with Crippen LogP contribution in [0.3, 0.4) is 0 Å². The largest absolute Gasteiger partial charge is 0.352 e. The fourth-order valence-electron chi connectivity index (χ4n) is 1.89. The Morgan fingerprint density at radius 2 is 2.24 bits per heavy atom. The lowest BCUT2D eigenvalue weighted by Crippen LogP contribution is -2.57. The third kappa shape index (κ3) is 4.61. The molecule has 100 valence electrons. The third-order valence-corrected chi connectivity index (χ3v) is 3.48. The number of nitrogens with two attached hydrogens (primary N) is 1. The minimum atomic E-state index is 0.103. The zero-order valence-electron chi connectivity index (χ0n) is 11.2. The number of carbonyl (C=O) groups is 1. The Morgan fingerprint density at radius 3 is 2.82 bits per heavy atom. The fraction of sp³-hybridized carbons (Fsp3) is 0.917. The van der Waals surface area contributed by atoms with Gasteiger partial charge in [0, 0.05) is 38.3 Å². The van der Waals surface area contributed by atoms with E-state index in [0.717, 1.165) is 19.6 Å². The minimum Gasteiger partial charge on any atom is -0.352 e. The Hall–Kier alpha value is -0.650. The Labute approximate surface area is 104 Å². The summed E-state index contributed by atoms with van der Waals surface area (Å²) in [6, 6.07) is 0.505. The molecule has 2 atom stereocenters. The summed E-state index contributed by atoms with van der Waals surface area (Å²) >= 11 is 0. The van der Waals surface area contributed by atoms with Crippen LogP contribution < -0.4 is 16.4 Å². The first-order valence-corrected chi connectivity index (χ1v) is 6.48. The molecule has 1 aliphatic heterocycles. The van der Waals surface area contributed by atoms with E-state index in [2.05, 4.69) is 29.4 Å². The van der Waals surface area contributed by atoms with E-state index < -0.39 is 0 Å². The first-order chi connectivity index (χ1) is 8.04. The van der Waals surface area contributed by atoms with Crippen LogP contribution >= 0.6 is 0 Å². The quantitative estimate of drug-likeness (QED) is 0.601. The molecule has 1 fully saturated rings. The Balaban J connectivity index is 2.38. The predicted octanol–water partition coefficient (Wildman–Crippen LogP) is -0.620. The number of nitrogens with one attached hydrogen (secondary N) is 2. The molecule has 17 heavy (non-hydrogen) atoms. The summed E-state index contributed by atoms with van der Waals surface area (Å²) in [5.41, 5.74) is 5.71. The number of amides is 1. The second-order valence-corrected chi connectivity index (χ2v) is 5.16. The van der Waals surface area contributed by atoms with Crippen molar-refractivity contribution in [2.75, 3.05) is 32.7 Å². The summed E-state index contributed by atoms with van der Waals surface area (Å²) in [6.07, 6.45) is 0. The average molecular weight is 242 g/mol. The van der Waals surface area contributed by atoms with Crippen LogP contribution in [0.2, 0.25) is 0 Å². The maximum absolute atomic E-state index is 11.9. The van der Waals surface area contributed by atoms with Crippen LogP contribution in [0, 0.1) is 5.92 Å². The first kappa shape index (κ1) is 14.4. The molecule has 5 heteroatoms. The van der Waals surface area contributed by atoms with Gasteiger partial charge in [0.1, 0.15) is 0 Å². The summed E-state index contributed by atoms with van der Waals surface area (Å²) in [4.78, 5) is 14.0. The first-order valence-electron chi connectivity index (χ1n) is 6.48. The van der Waals surface area contributed by atoms with Crippen molar-refractivity contribution < 1.29 is 4.79 Å². The van der Waals surface area contributed by atoms with Crippen molar-refractivity contribution in [3.63, 3.8) is 0 Å². The molecule has 2 unspecified atom stereocenters. The number of hydrogen-bond donors (Lipinski definition) is 3. The number of rotatable bonds is 5. The minimum absolute atomic E-state index is 0.103. The van der Waals surface area contributed by atoms with Gasteiger partial charge in [-0.25, -0.2) is 0 Å². The summed E-state index contributed by atoms with van der Waals surface area (Å²) in [6.45, 7) is 10.0. The highest BCUT2D eigenvalue weighted by atomic mass is 16.2. The SMILES string of the molecule is CC(C)C(C)NC(=O)CN1CCNCC1CN. The van der Waals surface area contributed by atoms with Crippen LogP contribution in [-0.4, -0.2) is 55.6 Å². The standard InChI is InChI=1S/C12H26N4O/c1-9(2)10(3)15-12(17)8-16-5-4-14-7-11(16)6-13/h9-11,14H,4-8,13H2,1-3H3,(H,15,17). The van der Waals surface area contributed by atoms with Crippen LogP contribution in [-0.2, 0) is 4.79 Å². The van der Waals surface area contributed by atoms with Crippen LogP contribution in [0.5, 0.6) is 0 Å². The number of nitrogens with zero attached hydrogens (tertiary/aromatic N) is 1. The fourth-order valence-corrected chi connectivity index (χ4v) is 1.89. The van der Waals surface area contributed by atoms with Gasteiger partial charge in [-0.05, 0) is 12.8 Å². The van der Waals surface area contributed by atoms with Crippen LogP contribution in [0.4, 0.5) is 0 Å². The van der Waals surface area contributed by atoms with Crippen molar-refractivity contribution in [2.24, 2.45) is 11.7 Å². The second-order valence-electron chi connectivity index (χ2n) is 5.16. The van der Waals surface area contributed by atoms with E-state index in [9.17, 15) is 4.79 Å². The van der Waals surface area contributed by atoms with Gasteiger partial charge in [0.15, 0.2) is 0 Å². The van der Waals surface area contributed by atoms with E-state index in [0.29, 0.717) is 19.0 Å². The van der Waals surface area contributed by atoms with Gasteiger partial charge in [0.25, 0.3) is 0 Å². The summed E-state index contributed by atoms with van der Waals surface area (Å²) < 4.78 is 0. The van der Waals surface area contributed by atoms with Gasteiger partial charge in [0.05, 0.1) is 6.54 Å². The zero-order chi connectivity index (χ0) is 12.8. The highest BCUT2D eigenvalue weighted by Gasteiger charge is 2.23. The molecule has 1 rings (SSSR count). The van der Waals surface area contributed by atoms with Crippen molar-refractivity contribution in [3.8, 4) is 0 Å². The van der Waals surface area contributed by atoms with E-state index in [-0.39, 0.29) is 18.0 Å².